The van der Waals surface area contributed by atoms with E-state index in [9.17, 15) is 0 Å². The first-order valence-electron chi connectivity index (χ1n) is 9.04. The second-order valence-electron chi connectivity index (χ2n) is 6.78. The minimum atomic E-state index is 0.425. The summed E-state index contributed by atoms with van der Waals surface area (Å²) in [5.41, 5.74) is 1.49. The van der Waals surface area contributed by atoms with Gasteiger partial charge in [0, 0.05) is 39.3 Å². The number of hydrogen-bond acceptors (Lipinski definition) is 3. The summed E-state index contributed by atoms with van der Waals surface area (Å²) in [4.78, 5) is 2.60. The molecule has 127 valence electrons. The summed E-state index contributed by atoms with van der Waals surface area (Å²) in [5.74, 6) is 0.677. The third kappa shape index (κ3) is 4.77. The average molecular weight is 316 g/mol. The minimum absolute atomic E-state index is 0.425. The van der Waals surface area contributed by atoms with Crippen LogP contribution in [-0.4, -0.2) is 57.0 Å². The van der Waals surface area contributed by atoms with Crippen LogP contribution < -0.4 is 10.6 Å². The summed E-state index contributed by atoms with van der Waals surface area (Å²) in [5, 5.41) is 8.51. The molecule has 1 N–H and O–H groups in total. The van der Waals surface area contributed by atoms with Crippen LogP contribution in [-0.2, 0) is 4.74 Å². The Morgan fingerprint density at radius 1 is 1.17 bits per heavy atom. The fraction of sp³-hybridized carbons (Fsp3) is 0.684. The number of hydrogen-bond donors (Lipinski definition) is 1. The second kappa shape index (κ2) is 8.78. The highest BCUT2D eigenvalue weighted by atomic mass is 16.5. The van der Waals surface area contributed by atoms with Gasteiger partial charge in [-0.1, -0.05) is 30.3 Å². The lowest BCUT2D eigenvalue weighted by molar-refractivity contribution is 0.0896. The number of likely N-dealkylation sites (tertiary alicyclic amines) is 1. The van der Waals surface area contributed by atoms with Gasteiger partial charge in [-0.05, 0) is 37.2 Å². The van der Waals surface area contributed by atoms with Crippen molar-refractivity contribution in [1.29, 1.82) is 0 Å². The van der Waals surface area contributed by atoms with E-state index in [1.54, 1.807) is 7.11 Å². The molecule has 2 fully saturated rings. The van der Waals surface area contributed by atoms with Crippen LogP contribution in [0.5, 0.6) is 0 Å². The Hall–Kier alpha value is -0.940. The molecular formula is C19H30N3O. The summed E-state index contributed by atoms with van der Waals surface area (Å²) in [6, 6.07) is 11.6. The largest absolute Gasteiger partial charge is 0.383 e. The van der Waals surface area contributed by atoms with Gasteiger partial charge >= 0.3 is 0 Å². The summed E-state index contributed by atoms with van der Waals surface area (Å²) < 4.78 is 5.12. The van der Waals surface area contributed by atoms with Gasteiger partial charge < -0.3 is 10.1 Å². The van der Waals surface area contributed by atoms with Crippen LogP contribution in [0.15, 0.2) is 30.3 Å². The minimum Gasteiger partial charge on any atom is -0.383 e. The van der Waals surface area contributed by atoms with Gasteiger partial charge in [-0.2, -0.15) is 0 Å². The molecule has 0 aromatic heterocycles. The van der Waals surface area contributed by atoms with Gasteiger partial charge in [0.1, 0.15) is 0 Å². The van der Waals surface area contributed by atoms with E-state index in [-0.39, 0.29) is 0 Å². The van der Waals surface area contributed by atoms with Crippen LogP contribution in [0.1, 0.15) is 37.2 Å². The maximum Gasteiger partial charge on any atom is 0.0766 e. The molecule has 2 aliphatic heterocycles. The molecule has 0 spiro atoms. The lowest BCUT2D eigenvalue weighted by atomic mass is 9.88. The molecule has 4 heteroatoms. The topological polar surface area (TPSA) is 38.6 Å². The number of nitrogens with one attached hydrogen (secondary N) is 1. The zero-order chi connectivity index (χ0) is 15.9. The normalized spacial score (nSPS) is 27.2. The molecule has 4 nitrogen and oxygen atoms in total. The zero-order valence-electron chi connectivity index (χ0n) is 14.3. The molecule has 2 atom stereocenters. The number of piperidine rings is 2. The van der Waals surface area contributed by atoms with Gasteiger partial charge in [0.25, 0.3) is 0 Å². The quantitative estimate of drug-likeness (QED) is 0.818. The Bertz CT molecular complexity index is 445. The van der Waals surface area contributed by atoms with Crippen molar-refractivity contribution >= 4 is 0 Å². The number of methoxy groups -OCH3 is 1. The van der Waals surface area contributed by atoms with Crippen LogP contribution in [0.3, 0.4) is 0 Å². The maximum absolute atomic E-state index is 5.12. The van der Waals surface area contributed by atoms with Crippen molar-refractivity contribution in [2.24, 2.45) is 0 Å². The van der Waals surface area contributed by atoms with Gasteiger partial charge in [0.05, 0.1) is 12.8 Å². The van der Waals surface area contributed by atoms with E-state index < -0.39 is 0 Å². The Morgan fingerprint density at radius 3 is 2.70 bits per heavy atom. The second-order valence-corrected chi connectivity index (χ2v) is 6.78. The predicted molar refractivity (Wildman–Crippen MR) is 93.7 cm³/mol. The van der Waals surface area contributed by atoms with E-state index in [1.807, 2.05) is 0 Å². The SMILES string of the molecule is COCCNC1CCN(C2CC(c3ccccc3)CC[N]2)CC1. The highest BCUT2D eigenvalue weighted by Crippen LogP contribution is 2.30. The molecule has 1 aromatic carbocycles. The van der Waals surface area contributed by atoms with Crippen molar-refractivity contribution in [2.45, 2.75) is 43.8 Å². The molecule has 1 aromatic rings. The van der Waals surface area contributed by atoms with E-state index >= 15 is 0 Å². The highest BCUT2D eigenvalue weighted by Gasteiger charge is 2.30. The Kier molecular flexibility index (Phi) is 6.46. The number of benzene rings is 1. The van der Waals surface area contributed by atoms with E-state index in [1.165, 1.54) is 44.3 Å². The Morgan fingerprint density at radius 2 is 1.96 bits per heavy atom. The lowest BCUT2D eigenvalue weighted by Gasteiger charge is -2.41. The van der Waals surface area contributed by atoms with E-state index in [0.29, 0.717) is 18.1 Å². The molecule has 3 rings (SSSR count). The van der Waals surface area contributed by atoms with Crippen molar-refractivity contribution in [3.63, 3.8) is 0 Å². The van der Waals surface area contributed by atoms with Crippen molar-refractivity contribution in [3.8, 4) is 0 Å². The van der Waals surface area contributed by atoms with E-state index in [0.717, 1.165) is 19.7 Å². The van der Waals surface area contributed by atoms with Crippen LogP contribution >= 0.6 is 0 Å². The highest BCUT2D eigenvalue weighted by molar-refractivity contribution is 5.20. The first-order valence-corrected chi connectivity index (χ1v) is 9.04. The van der Waals surface area contributed by atoms with E-state index in [2.05, 4.69) is 40.5 Å². The zero-order valence-corrected chi connectivity index (χ0v) is 14.3. The van der Waals surface area contributed by atoms with Gasteiger partial charge in [-0.25, -0.2) is 5.32 Å². The maximum atomic E-state index is 5.12. The molecule has 23 heavy (non-hydrogen) atoms. The first-order chi connectivity index (χ1) is 11.4. The molecule has 2 heterocycles. The van der Waals surface area contributed by atoms with Crippen molar-refractivity contribution in [3.05, 3.63) is 35.9 Å². The summed E-state index contributed by atoms with van der Waals surface area (Å²) in [6.45, 7) is 5.11. The molecule has 0 amide bonds. The fourth-order valence-electron chi connectivity index (χ4n) is 3.89. The molecular weight excluding hydrogens is 286 g/mol. The van der Waals surface area contributed by atoms with Gasteiger partial charge in [0.15, 0.2) is 0 Å². The van der Waals surface area contributed by atoms with Crippen molar-refractivity contribution < 1.29 is 4.74 Å². The van der Waals surface area contributed by atoms with Gasteiger partial charge in [-0.3, -0.25) is 4.90 Å². The molecule has 2 saturated heterocycles. The molecule has 0 bridgehead atoms. The average Bonchev–Trinajstić information content (AvgIpc) is 2.63. The van der Waals surface area contributed by atoms with Crippen LogP contribution in [0.2, 0.25) is 0 Å². The smallest absolute Gasteiger partial charge is 0.0766 e. The molecule has 0 saturated carbocycles. The Balaban J connectivity index is 1.47. The van der Waals surface area contributed by atoms with Crippen LogP contribution in [0.4, 0.5) is 0 Å². The predicted octanol–water partition coefficient (Wildman–Crippen LogP) is 2.19. The Labute approximate surface area is 140 Å². The van der Waals surface area contributed by atoms with Crippen LogP contribution in [0, 0.1) is 0 Å². The third-order valence-electron chi connectivity index (χ3n) is 5.27. The summed E-state index contributed by atoms with van der Waals surface area (Å²) in [6.07, 6.45) is 5.27. The van der Waals surface area contributed by atoms with Crippen molar-refractivity contribution in [2.75, 3.05) is 39.9 Å². The summed E-state index contributed by atoms with van der Waals surface area (Å²) >= 11 is 0. The molecule has 2 unspecified atom stereocenters. The summed E-state index contributed by atoms with van der Waals surface area (Å²) in [7, 11) is 1.76. The first kappa shape index (κ1) is 16.9. The standard InChI is InChI=1S/C19H30N3O/c1-23-14-11-20-18-8-12-22(13-9-18)19-15-17(7-10-21-19)16-5-3-2-4-6-16/h2-6,17-20H,7-15H2,1H3. The van der Waals surface area contributed by atoms with Crippen molar-refractivity contribution in [1.82, 2.24) is 15.5 Å². The number of rotatable bonds is 6. The van der Waals surface area contributed by atoms with Crippen LogP contribution in [0.25, 0.3) is 0 Å². The third-order valence-corrected chi connectivity index (χ3v) is 5.27. The number of ether oxygens (including phenoxy) is 1. The molecule has 0 aliphatic carbocycles. The number of nitrogens with zero attached hydrogens (tertiary/aromatic N) is 2. The lowest BCUT2D eigenvalue weighted by Crippen LogP contribution is -2.52. The van der Waals surface area contributed by atoms with E-state index in [4.69, 9.17) is 10.1 Å². The fourth-order valence-corrected chi connectivity index (χ4v) is 3.89. The van der Waals surface area contributed by atoms with Gasteiger partial charge in [0.2, 0.25) is 0 Å². The van der Waals surface area contributed by atoms with Gasteiger partial charge in [-0.15, -0.1) is 0 Å². The molecule has 1 radical (unpaired) electrons. The molecule has 2 aliphatic rings. The monoisotopic (exact) mass is 316 g/mol.